The zero-order chi connectivity index (χ0) is 13.8. The summed E-state index contributed by atoms with van der Waals surface area (Å²) in [6.07, 6.45) is 1.92. The Morgan fingerprint density at radius 3 is 2.89 bits per heavy atom. The third kappa shape index (κ3) is 3.34. The van der Waals surface area contributed by atoms with Crippen molar-refractivity contribution >= 4 is 17.6 Å². The van der Waals surface area contributed by atoms with Crippen molar-refractivity contribution in [2.24, 2.45) is 0 Å². The number of hydrogen-bond acceptors (Lipinski definition) is 4. The molecule has 0 spiro atoms. The van der Waals surface area contributed by atoms with Crippen LogP contribution in [0.15, 0.2) is 18.3 Å². The van der Waals surface area contributed by atoms with Crippen molar-refractivity contribution in [2.75, 3.05) is 32.5 Å². The number of carbonyl (C=O) groups excluding carboxylic acids is 1. The van der Waals surface area contributed by atoms with Gasteiger partial charge in [0, 0.05) is 33.4 Å². The Morgan fingerprint density at radius 2 is 2.16 bits per heavy atom. The number of pyridine rings is 1. The Labute approximate surface area is 111 Å². The topological polar surface area (TPSA) is 74.6 Å². The van der Waals surface area contributed by atoms with Crippen molar-refractivity contribution < 1.29 is 4.79 Å². The minimum absolute atomic E-state index is 0.111. The van der Waals surface area contributed by atoms with Gasteiger partial charge < -0.3 is 15.5 Å². The van der Waals surface area contributed by atoms with E-state index in [4.69, 9.17) is 0 Å². The van der Waals surface area contributed by atoms with Gasteiger partial charge in [0.2, 0.25) is 5.95 Å². The highest BCUT2D eigenvalue weighted by Crippen LogP contribution is 2.06. The highest BCUT2D eigenvalue weighted by molar-refractivity contribution is 5.73. The lowest BCUT2D eigenvalue weighted by molar-refractivity contribution is 0.218. The lowest BCUT2D eigenvalue weighted by Gasteiger charge is -2.11. The standard InChI is InChI=1S/C12H18N6O/c1-9-4-5-10-15-11(16-18(10)8-9)13-6-7-14-12(19)17(2)3/h4-5,8H,6-7H2,1-3H3,(H,13,16)(H,14,19). The van der Waals surface area contributed by atoms with Crippen LogP contribution in [0.2, 0.25) is 0 Å². The van der Waals surface area contributed by atoms with Crippen molar-refractivity contribution in [1.82, 2.24) is 24.8 Å². The van der Waals surface area contributed by atoms with E-state index >= 15 is 0 Å². The van der Waals surface area contributed by atoms with E-state index in [0.29, 0.717) is 19.0 Å². The first-order valence-corrected chi connectivity index (χ1v) is 6.08. The molecule has 0 aliphatic carbocycles. The van der Waals surface area contributed by atoms with Crippen LogP contribution >= 0.6 is 0 Å². The molecule has 0 atom stereocenters. The van der Waals surface area contributed by atoms with Crippen LogP contribution in [0.25, 0.3) is 5.65 Å². The van der Waals surface area contributed by atoms with Gasteiger partial charge in [-0.2, -0.15) is 4.98 Å². The van der Waals surface area contributed by atoms with Crippen molar-refractivity contribution in [3.05, 3.63) is 23.9 Å². The van der Waals surface area contributed by atoms with E-state index in [9.17, 15) is 4.79 Å². The molecule has 0 aliphatic heterocycles. The maximum atomic E-state index is 11.3. The first-order valence-electron chi connectivity index (χ1n) is 6.08. The number of aromatic nitrogens is 3. The number of aryl methyl sites for hydroxylation is 1. The molecular weight excluding hydrogens is 244 g/mol. The zero-order valence-electron chi connectivity index (χ0n) is 11.3. The van der Waals surface area contributed by atoms with Crippen LogP contribution in [0.3, 0.4) is 0 Å². The monoisotopic (exact) mass is 262 g/mol. The Balaban J connectivity index is 1.86. The molecule has 102 valence electrons. The molecular formula is C12H18N6O. The molecule has 0 saturated heterocycles. The number of urea groups is 1. The van der Waals surface area contributed by atoms with Gasteiger partial charge in [0.15, 0.2) is 5.65 Å². The SMILES string of the molecule is Cc1ccc2nc(NCCNC(=O)N(C)C)nn2c1. The minimum Gasteiger partial charge on any atom is -0.351 e. The van der Waals surface area contributed by atoms with Crippen LogP contribution in [0, 0.1) is 6.92 Å². The second kappa shape index (κ2) is 5.55. The third-order valence-electron chi connectivity index (χ3n) is 2.57. The van der Waals surface area contributed by atoms with E-state index in [2.05, 4.69) is 20.7 Å². The van der Waals surface area contributed by atoms with Crippen LogP contribution in [0.4, 0.5) is 10.7 Å². The Morgan fingerprint density at radius 1 is 1.37 bits per heavy atom. The predicted molar refractivity (Wildman–Crippen MR) is 73.3 cm³/mol. The molecule has 0 fully saturated rings. The quantitative estimate of drug-likeness (QED) is 0.796. The average molecular weight is 262 g/mol. The molecule has 2 aromatic heterocycles. The molecule has 2 amide bonds. The summed E-state index contributed by atoms with van der Waals surface area (Å²) in [6.45, 7) is 3.10. The number of anilines is 1. The first-order chi connectivity index (χ1) is 9.06. The summed E-state index contributed by atoms with van der Waals surface area (Å²) in [4.78, 5) is 17.1. The third-order valence-corrected chi connectivity index (χ3v) is 2.57. The molecule has 2 aromatic rings. The van der Waals surface area contributed by atoms with Gasteiger partial charge in [-0.3, -0.25) is 0 Å². The van der Waals surface area contributed by atoms with Crippen LogP contribution in [0.1, 0.15) is 5.56 Å². The van der Waals surface area contributed by atoms with Crippen LogP contribution in [0.5, 0.6) is 0 Å². The largest absolute Gasteiger partial charge is 0.351 e. The lowest BCUT2D eigenvalue weighted by Crippen LogP contribution is -2.37. The van der Waals surface area contributed by atoms with E-state index < -0.39 is 0 Å². The summed E-state index contributed by atoms with van der Waals surface area (Å²) in [5.74, 6) is 0.560. The maximum Gasteiger partial charge on any atom is 0.316 e. The Bertz CT molecular complexity index is 577. The van der Waals surface area contributed by atoms with Gasteiger partial charge in [-0.1, -0.05) is 6.07 Å². The number of hydrogen-bond donors (Lipinski definition) is 2. The maximum absolute atomic E-state index is 11.3. The molecule has 2 heterocycles. The number of rotatable bonds is 4. The number of nitrogens with one attached hydrogen (secondary N) is 2. The highest BCUT2D eigenvalue weighted by Gasteiger charge is 2.04. The first kappa shape index (κ1) is 13.1. The Kier molecular flexibility index (Phi) is 3.84. The summed E-state index contributed by atoms with van der Waals surface area (Å²) in [5, 5.41) is 10.1. The molecule has 0 bridgehead atoms. The van der Waals surface area contributed by atoms with E-state index in [1.165, 1.54) is 4.90 Å². The number of nitrogens with zero attached hydrogens (tertiary/aromatic N) is 4. The fourth-order valence-electron chi connectivity index (χ4n) is 1.56. The molecule has 0 saturated carbocycles. The van der Waals surface area contributed by atoms with Gasteiger partial charge in [-0.25, -0.2) is 9.31 Å². The Hall–Kier alpha value is -2.31. The fraction of sp³-hybridized carbons (Fsp3) is 0.417. The molecule has 7 nitrogen and oxygen atoms in total. The minimum atomic E-state index is -0.111. The van der Waals surface area contributed by atoms with E-state index in [-0.39, 0.29) is 6.03 Å². The molecule has 0 aromatic carbocycles. The van der Waals surface area contributed by atoms with Crippen molar-refractivity contribution in [1.29, 1.82) is 0 Å². The molecule has 7 heteroatoms. The lowest BCUT2D eigenvalue weighted by atomic mass is 10.3. The summed E-state index contributed by atoms with van der Waals surface area (Å²) in [7, 11) is 3.41. The second-order valence-electron chi connectivity index (χ2n) is 4.50. The van der Waals surface area contributed by atoms with Crippen molar-refractivity contribution in [3.63, 3.8) is 0 Å². The van der Waals surface area contributed by atoms with Crippen molar-refractivity contribution in [3.8, 4) is 0 Å². The van der Waals surface area contributed by atoms with Gasteiger partial charge in [0.25, 0.3) is 0 Å². The van der Waals surface area contributed by atoms with Crippen LogP contribution in [-0.2, 0) is 0 Å². The van der Waals surface area contributed by atoms with Gasteiger partial charge in [-0.05, 0) is 18.6 Å². The molecule has 0 unspecified atom stereocenters. The normalized spacial score (nSPS) is 10.5. The molecule has 0 aliphatic rings. The molecule has 0 radical (unpaired) electrons. The van der Waals surface area contributed by atoms with Crippen LogP contribution in [-0.4, -0.2) is 52.7 Å². The second-order valence-corrected chi connectivity index (χ2v) is 4.50. The van der Waals surface area contributed by atoms with Gasteiger partial charge in [-0.15, -0.1) is 5.10 Å². The highest BCUT2D eigenvalue weighted by atomic mass is 16.2. The van der Waals surface area contributed by atoms with Crippen molar-refractivity contribution in [2.45, 2.75) is 6.92 Å². The van der Waals surface area contributed by atoms with E-state index in [0.717, 1.165) is 11.2 Å². The fourth-order valence-corrected chi connectivity index (χ4v) is 1.56. The summed E-state index contributed by atoms with van der Waals surface area (Å²) >= 11 is 0. The smallest absolute Gasteiger partial charge is 0.316 e. The zero-order valence-corrected chi connectivity index (χ0v) is 11.3. The molecule has 2 rings (SSSR count). The molecule has 2 N–H and O–H groups in total. The number of fused-ring (bicyclic) bond motifs is 1. The summed E-state index contributed by atoms with van der Waals surface area (Å²) in [5.41, 5.74) is 1.92. The van der Waals surface area contributed by atoms with Crippen LogP contribution < -0.4 is 10.6 Å². The van der Waals surface area contributed by atoms with E-state index in [1.807, 2.05) is 25.3 Å². The molecule has 19 heavy (non-hydrogen) atoms. The van der Waals surface area contributed by atoms with E-state index in [1.54, 1.807) is 18.6 Å². The number of amides is 2. The van der Waals surface area contributed by atoms with Gasteiger partial charge in [0.1, 0.15) is 0 Å². The summed E-state index contributed by atoms with van der Waals surface area (Å²) in [6, 6.07) is 3.80. The summed E-state index contributed by atoms with van der Waals surface area (Å²) < 4.78 is 1.73. The van der Waals surface area contributed by atoms with Gasteiger partial charge in [0.05, 0.1) is 0 Å². The average Bonchev–Trinajstić information content (AvgIpc) is 2.75. The van der Waals surface area contributed by atoms with Gasteiger partial charge >= 0.3 is 6.03 Å². The predicted octanol–water partition coefficient (Wildman–Crippen LogP) is 0.721. The number of carbonyl (C=O) groups is 1.